The molecule has 1 aromatic carbocycles. The molecule has 1 aromatic heterocycles. The Morgan fingerprint density at radius 3 is 2.57 bits per heavy atom. The zero-order chi connectivity index (χ0) is 16.8. The first kappa shape index (κ1) is 17.9. The Kier molecular flexibility index (Phi) is 6.52. The molecule has 126 valence electrons. The van der Waals surface area contributed by atoms with Crippen molar-refractivity contribution in [3.8, 4) is 0 Å². The number of nitrogens with zero attached hydrogens (tertiary/aromatic N) is 1. The topological polar surface area (TPSA) is 31.2 Å². The van der Waals surface area contributed by atoms with Gasteiger partial charge >= 0.3 is 5.97 Å². The molecule has 0 N–H and O–H groups in total. The predicted molar refractivity (Wildman–Crippen MR) is 96.1 cm³/mol. The third-order valence-corrected chi connectivity index (χ3v) is 4.60. The number of hydrogen-bond donors (Lipinski definition) is 0. The van der Waals surface area contributed by atoms with Gasteiger partial charge in [-0.1, -0.05) is 43.0 Å². The van der Waals surface area contributed by atoms with Gasteiger partial charge in [-0.2, -0.15) is 0 Å². The zero-order valence-corrected chi connectivity index (χ0v) is 15.0. The first-order chi connectivity index (χ1) is 11.0. The van der Waals surface area contributed by atoms with Crippen LogP contribution in [0.5, 0.6) is 0 Å². The lowest BCUT2D eigenvalue weighted by Gasteiger charge is -2.26. The van der Waals surface area contributed by atoms with Crippen molar-refractivity contribution < 1.29 is 9.53 Å². The predicted octanol–water partition coefficient (Wildman–Crippen LogP) is 5.68. The summed E-state index contributed by atoms with van der Waals surface area (Å²) >= 11 is 6.37. The van der Waals surface area contributed by atoms with Crippen LogP contribution in [0.3, 0.4) is 0 Å². The Balaban J connectivity index is 0.000000277. The van der Waals surface area contributed by atoms with E-state index in [0.29, 0.717) is 12.6 Å². The normalized spacial score (nSPS) is 15.1. The van der Waals surface area contributed by atoms with E-state index in [2.05, 4.69) is 28.4 Å². The van der Waals surface area contributed by atoms with E-state index in [1.165, 1.54) is 55.6 Å². The van der Waals surface area contributed by atoms with Gasteiger partial charge in [-0.25, -0.2) is 0 Å². The summed E-state index contributed by atoms with van der Waals surface area (Å²) in [6.45, 7) is 5.85. The molecule has 0 radical (unpaired) electrons. The fourth-order valence-corrected chi connectivity index (χ4v) is 3.66. The highest BCUT2D eigenvalue weighted by atomic mass is 35.5. The van der Waals surface area contributed by atoms with Gasteiger partial charge in [-0.15, -0.1) is 0 Å². The fourth-order valence-electron chi connectivity index (χ4n) is 3.39. The van der Waals surface area contributed by atoms with Crippen LogP contribution in [0.15, 0.2) is 24.3 Å². The Hall–Kier alpha value is -1.48. The molecule has 1 aliphatic carbocycles. The van der Waals surface area contributed by atoms with E-state index in [0.717, 1.165) is 5.02 Å². The number of para-hydroxylation sites is 1. The number of rotatable bonds is 2. The standard InChI is InChI=1S/C15H18ClN.C4H8O2/c1-11-10-12-6-5-9-14(16)15(12)17(11)13-7-3-2-4-8-13;1-3-6-4(2)5/h5-6,9-10,13H,2-4,7-8H2,1H3;3H2,1-2H3. The third-order valence-electron chi connectivity index (χ3n) is 4.29. The highest BCUT2D eigenvalue weighted by Crippen LogP contribution is 2.35. The molecule has 23 heavy (non-hydrogen) atoms. The Morgan fingerprint density at radius 1 is 1.30 bits per heavy atom. The number of carbonyl (C=O) groups is 1. The van der Waals surface area contributed by atoms with Gasteiger partial charge in [0.1, 0.15) is 0 Å². The summed E-state index contributed by atoms with van der Waals surface area (Å²) in [5.74, 6) is -0.211. The van der Waals surface area contributed by atoms with Gasteiger partial charge in [0.25, 0.3) is 0 Å². The summed E-state index contributed by atoms with van der Waals surface area (Å²) in [7, 11) is 0. The molecule has 1 saturated carbocycles. The first-order valence-corrected chi connectivity index (χ1v) is 8.81. The zero-order valence-electron chi connectivity index (χ0n) is 14.3. The monoisotopic (exact) mass is 335 g/mol. The minimum Gasteiger partial charge on any atom is -0.466 e. The lowest BCUT2D eigenvalue weighted by molar-refractivity contribution is -0.140. The van der Waals surface area contributed by atoms with Crippen LogP contribution in [0.2, 0.25) is 5.02 Å². The van der Waals surface area contributed by atoms with E-state index in [1.807, 2.05) is 12.1 Å². The van der Waals surface area contributed by atoms with Crippen LogP contribution >= 0.6 is 11.6 Å². The van der Waals surface area contributed by atoms with E-state index in [9.17, 15) is 4.79 Å². The molecule has 3 nitrogen and oxygen atoms in total. The number of ether oxygens (including phenoxy) is 1. The van der Waals surface area contributed by atoms with E-state index >= 15 is 0 Å². The number of aryl methyl sites for hydroxylation is 1. The summed E-state index contributed by atoms with van der Waals surface area (Å²) < 4.78 is 6.87. The van der Waals surface area contributed by atoms with Crippen molar-refractivity contribution in [3.05, 3.63) is 35.0 Å². The quantitative estimate of drug-likeness (QED) is 0.661. The van der Waals surface area contributed by atoms with Crippen LogP contribution in [0.25, 0.3) is 10.9 Å². The van der Waals surface area contributed by atoms with Gasteiger partial charge in [-0.3, -0.25) is 4.79 Å². The van der Waals surface area contributed by atoms with Crippen LogP contribution in [0.1, 0.15) is 57.7 Å². The van der Waals surface area contributed by atoms with Gasteiger partial charge in [0.05, 0.1) is 17.1 Å². The lowest BCUT2D eigenvalue weighted by atomic mass is 9.95. The van der Waals surface area contributed by atoms with Crippen LogP contribution < -0.4 is 0 Å². The summed E-state index contributed by atoms with van der Waals surface area (Å²) in [5, 5.41) is 2.17. The Bertz CT molecular complexity index is 657. The Labute approximate surface area is 143 Å². The smallest absolute Gasteiger partial charge is 0.302 e. The molecule has 1 aliphatic rings. The number of halogens is 1. The second-order valence-electron chi connectivity index (χ2n) is 6.05. The minimum absolute atomic E-state index is 0.211. The molecule has 0 atom stereocenters. The number of hydrogen-bond acceptors (Lipinski definition) is 2. The maximum absolute atomic E-state index is 9.82. The van der Waals surface area contributed by atoms with E-state index in [-0.39, 0.29) is 5.97 Å². The molecule has 0 unspecified atom stereocenters. The van der Waals surface area contributed by atoms with Crippen LogP contribution in [-0.4, -0.2) is 17.1 Å². The summed E-state index contributed by atoms with van der Waals surface area (Å²) in [5.41, 5.74) is 2.58. The lowest BCUT2D eigenvalue weighted by Crippen LogP contribution is -2.13. The van der Waals surface area contributed by atoms with Crippen molar-refractivity contribution in [2.24, 2.45) is 0 Å². The van der Waals surface area contributed by atoms with Crippen molar-refractivity contribution in [1.29, 1.82) is 0 Å². The van der Waals surface area contributed by atoms with Gasteiger partial charge in [0.2, 0.25) is 0 Å². The van der Waals surface area contributed by atoms with Crippen molar-refractivity contribution in [1.82, 2.24) is 4.57 Å². The molecule has 2 aromatic rings. The van der Waals surface area contributed by atoms with Crippen LogP contribution in [-0.2, 0) is 9.53 Å². The van der Waals surface area contributed by atoms with Crippen molar-refractivity contribution in [3.63, 3.8) is 0 Å². The average molecular weight is 336 g/mol. The fraction of sp³-hybridized carbons (Fsp3) is 0.526. The minimum atomic E-state index is -0.211. The molecular weight excluding hydrogens is 310 g/mol. The SMILES string of the molecule is CCOC(C)=O.Cc1cc2cccc(Cl)c2n1C1CCCCC1. The van der Waals surface area contributed by atoms with Crippen LogP contribution in [0.4, 0.5) is 0 Å². The molecule has 0 aliphatic heterocycles. The number of aromatic nitrogens is 1. The molecule has 3 rings (SSSR count). The third kappa shape index (κ3) is 4.51. The highest BCUT2D eigenvalue weighted by molar-refractivity contribution is 6.35. The molecule has 1 fully saturated rings. The van der Waals surface area contributed by atoms with Crippen molar-refractivity contribution >= 4 is 28.5 Å². The number of fused-ring (bicyclic) bond motifs is 1. The molecule has 0 bridgehead atoms. The van der Waals surface area contributed by atoms with E-state index in [1.54, 1.807) is 6.92 Å². The number of esters is 1. The molecule has 1 heterocycles. The van der Waals surface area contributed by atoms with Crippen molar-refractivity contribution in [2.45, 2.75) is 58.9 Å². The molecular formula is C19H26ClNO2. The summed E-state index contributed by atoms with van der Waals surface area (Å²) in [6, 6.07) is 9.11. The van der Waals surface area contributed by atoms with Crippen LogP contribution in [0, 0.1) is 6.92 Å². The maximum Gasteiger partial charge on any atom is 0.302 e. The van der Waals surface area contributed by atoms with E-state index in [4.69, 9.17) is 11.6 Å². The van der Waals surface area contributed by atoms with Gasteiger partial charge in [-0.05, 0) is 38.8 Å². The summed E-state index contributed by atoms with van der Waals surface area (Å²) in [4.78, 5) is 9.82. The number of benzene rings is 1. The first-order valence-electron chi connectivity index (χ1n) is 8.44. The average Bonchev–Trinajstić information content (AvgIpc) is 2.86. The molecule has 0 amide bonds. The Morgan fingerprint density at radius 2 is 2.00 bits per heavy atom. The van der Waals surface area contributed by atoms with Crippen molar-refractivity contribution in [2.75, 3.05) is 6.61 Å². The second kappa shape index (κ2) is 8.39. The summed E-state index contributed by atoms with van der Waals surface area (Å²) in [6.07, 6.45) is 6.70. The van der Waals surface area contributed by atoms with Gasteiger partial charge in [0, 0.05) is 24.0 Å². The van der Waals surface area contributed by atoms with Gasteiger partial charge in [0.15, 0.2) is 0 Å². The van der Waals surface area contributed by atoms with E-state index < -0.39 is 0 Å². The molecule has 4 heteroatoms. The van der Waals surface area contributed by atoms with Gasteiger partial charge < -0.3 is 9.30 Å². The molecule has 0 spiro atoms. The highest BCUT2D eigenvalue weighted by Gasteiger charge is 2.19. The molecule has 0 saturated heterocycles. The second-order valence-corrected chi connectivity index (χ2v) is 6.46. The largest absolute Gasteiger partial charge is 0.466 e. The maximum atomic E-state index is 9.82. The number of carbonyl (C=O) groups excluding carboxylic acids is 1.